The van der Waals surface area contributed by atoms with E-state index in [1.807, 2.05) is 18.7 Å². The lowest BCUT2D eigenvalue weighted by molar-refractivity contribution is -0.139. The van der Waals surface area contributed by atoms with Crippen molar-refractivity contribution in [2.24, 2.45) is 0 Å². The van der Waals surface area contributed by atoms with Crippen molar-refractivity contribution in [3.63, 3.8) is 0 Å². The van der Waals surface area contributed by atoms with E-state index in [0.717, 1.165) is 25.9 Å². The molecule has 1 aliphatic rings. The molecule has 1 fully saturated rings. The number of nitrogens with zero attached hydrogens (tertiary/aromatic N) is 2. The monoisotopic (exact) mass is 393 g/mol. The maximum atomic E-state index is 12.7. The molecule has 1 aromatic rings. The number of hydrogen-bond acceptors (Lipinski definition) is 6. The maximum absolute atomic E-state index is 12.7. The summed E-state index contributed by atoms with van der Waals surface area (Å²) in [6.07, 6.45) is 1.71. The van der Waals surface area contributed by atoms with Crippen LogP contribution in [0.1, 0.15) is 26.7 Å². The minimum Gasteiger partial charge on any atom is -0.493 e. The van der Waals surface area contributed by atoms with Gasteiger partial charge in [0.25, 0.3) is 0 Å². The minimum absolute atomic E-state index is 0.0660. The summed E-state index contributed by atoms with van der Waals surface area (Å²) < 4.78 is 10.5. The number of nitrogens with one attached hydrogen (secondary N) is 1. The summed E-state index contributed by atoms with van der Waals surface area (Å²) in [5, 5.41) is 12.0. The average Bonchev–Trinajstić information content (AvgIpc) is 2.71. The van der Waals surface area contributed by atoms with E-state index in [0.29, 0.717) is 23.7 Å². The molecule has 8 heteroatoms. The highest BCUT2D eigenvalue weighted by molar-refractivity contribution is 5.94. The highest BCUT2D eigenvalue weighted by Gasteiger charge is 2.29. The van der Waals surface area contributed by atoms with Gasteiger partial charge in [-0.3, -0.25) is 19.4 Å². The molecule has 0 aliphatic carbocycles. The summed E-state index contributed by atoms with van der Waals surface area (Å²) in [5.41, 5.74) is 0.656. The van der Waals surface area contributed by atoms with Gasteiger partial charge in [-0.05, 0) is 38.4 Å². The quantitative estimate of drug-likeness (QED) is 0.662. The Morgan fingerprint density at radius 1 is 1.25 bits per heavy atom. The van der Waals surface area contributed by atoms with Crippen LogP contribution in [0.2, 0.25) is 0 Å². The second-order valence-electron chi connectivity index (χ2n) is 6.96. The van der Waals surface area contributed by atoms with Crippen LogP contribution in [-0.2, 0) is 9.59 Å². The fourth-order valence-electron chi connectivity index (χ4n) is 3.64. The lowest BCUT2D eigenvalue weighted by Crippen LogP contribution is -2.51. The first-order valence-electron chi connectivity index (χ1n) is 9.62. The van der Waals surface area contributed by atoms with E-state index in [4.69, 9.17) is 14.6 Å². The molecule has 0 spiro atoms. The Morgan fingerprint density at radius 2 is 1.89 bits per heavy atom. The second kappa shape index (κ2) is 10.3. The van der Waals surface area contributed by atoms with Crippen molar-refractivity contribution in [2.75, 3.05) is 45.7 Å². The molecule has 1 aliphatic heterocycles. The van der Waals surface area contributed by atoms with Gasteiger partial charge in [0.05, 0.1) is 26.8 Å². The highest BCUT2D eigenvalue weighted by atomic mass is 16.5. The van der Waals surface area contributed by atoms with Gasteiger partial charge in [0.15, 0.2) is 11.5 Å². The predicted octanol–water partition coefficient (Wildman–Crippen LogP) is 1.90. The van der Waals surface area contributed by atoms with Crippen LogP contribution in [0.5, 0.6) is 11.5 Å². The number of carbonyl (C=O) groups excluding carboxylic acids is 1. The Morgan fingerprint density at radius 3 is 2.43 bits per heavy atom. The Labute approximate surface area is 166 Å². The van der Waals surface area contributed by atoms with Gasteiger partial charge in [0.1, 0.15) is 0 Å². The molecular formula is C20H31N3O5. The third-order valence-corrected chi connectivity index (χ3v) is 5.34. The van der Waals surface area contributed by atoms with Gasteiger partial charge in [-0.1, -0.05) is 6.92 Å². The predicted molar refractivity (Wildman–Crippen MR) is 107 cm³/mol. The summed E-state index contributed by atoms with van der Waals surface area (Å²) in [6.45, 7) is 6.19. The van der Waals surface area contributed by atoms with E-state index in [1.54, 1.807) is 32.4 Å². The molecule has 0 bridgehead atoms. The van der Waals surface area contributed by atoms with E-state index < -0.39 is 5.97 Å². The van der Waals surface area contributed by atoms with Crippen LogP contribution in [0.3, 0.4) is 0 Å². The maximum Gasteiger partial charge on any atom is 0.317 e. The number of likely N-dealkylation sites (N-methyl/N-ethyl adjacent to an activating group) is 1. The Kier molecular flexibility index (Phi) is 8.07. The average molecular weight is 393 g/mol. The van der Waals surface area contributed by atoms with E-state index in [9.17, 15) is 9.59 Å². The van der Waals surface area contributed by atoms with Crippen molar-refractivity contribution in [2.45, 2.75) is 38.8 Å². The number of amides is 1. The summed E-state index contributed by atoms with van der Waals surface area (Å²) in [6, 6.07) is 5.25. The first kappa shape index (κ1) is 22.0. The third kappa shape index (κ3) is 5.59. The van der Waals surface area contributed by atoms with Crippen LogP contribution >= 0.6 is 0 Å². The van der Waals surface area contributed by atoms with E-state index in [2.05, 4.69) is 10.2 Å². The largest absolute Gasteiger partial charge is 0.493 e. The fraction of sp³-hybridized carbons (Fsp3) is 0.600. The Hall–Kier alpha value is -2.32. The highest BCUT2D eigenvalue weighted by Crippen LogP contribution is 2.30. The molecule has 0 saturated carbocycles. The molecule has 2 rings (SSSR count). The number of rotatable bonds is 9. The van der Waals surface area contributed by atoms with E-state index >= 15 is 0 Å². The zero-order valence-electron chi connectivity index (χ0n) is 17.1. The molecule has 1 atom stereocenters. The van der Waals surface area contributed by atoms with Gasteiger partial charge in [0.2, 0.25) is 5.91 Å². The van der Waals surface area contributed by atoms with Gasteiger partial charge in [-0.2, -0.15) is 0 Å². The molecule has 1 saturated heterocycles. The first-order chi connectivity index (χ1) is 13.4. The molecule has 1 amide bonds. The van der Waals surface area contributed by atoms with Crippen molar-refractivity contribution >= 4 is 17.6 Å². The summed E-state index contributed by atoms with van der Waals surface area (Å²) in [5.74, 6) is 0.291. The molecule has 156 valence electrons. The molecule has 0 aromatic heterocycles. The topological polar surface area (TPSA) is 91.3 Å². The summed E-state index contributed by atoms with van der Waals surface area (Å²) in [7, 11) is 3.12. The zero-order chi connectivity index (χ0) is 20.7. The van der Waals surface area contributed by atoms with Crippen molar-refractivity contribution in [1.29, 1.82) is 0 Å². The normalized spacial score (nSPS) is 16.6. The number of carbonyl (C=O) groups is 2. The fourth-order valence-corrected chi connectivity index (χ4v) is 3.64. The molecule has 2 N–H and O–H groups in total. The standard InChI is InChI=1S/C20H31N3O5/c1-5-22(13-19(24)25)16-8-10-23(11-9-16)14(2)20(26)21-15-6-7-17(27-3)18(12-15)28-4/h6-7,12,14,16H,5,8-11,13H2,1-4H3,(H,21,26)(H,24,25). The van der Waals surface area contributed by atoms with Gasteiger partial charge in [-0.25, -0.2) is 0 Å². The Balaban J connectivity index is 1.91. The van der Waals surface area contributed by atoms with Crippen LogP contribution in [0.25, 0.3) is 0 Å². The molecular weight excluding hydrogens is 362 g/mol. The van der Waals surface area contributed by atoms with E-state index in [-0.39, 0.29) is 24.5 Å². The summed E-state index contributed by atoms with van der Waals surface area (Å²) >= 11 is 0. The van der Waals surface area contributed by atoms with Crippen LogP contribution in [0, 0.1) is 0 Å². The van der Waals surface area contributed by atoms with Gasteiger partial charge in [-0.15, -0.1) is 0 Å². The first-order valence-corrected chi connectivity index (χ1v) is 9.62. The third-order valence-electron chi connectivity index (χ3n) is 5.34. The number of carboxylic acid groups (broad SMARTS) is 1. The zero-order valence-corrected chi connectivity index (χ0v) is 17.1. The molecule has 1 heterocycles. The second-order valence-corrected chi connectivity index (χ2v) is 6.96. The lowest BCUT2D eigenvalue weighted by Gasteiger charge is -2.39. The number of likely N-dealkylation sites (tertiary alicyclic amines) is 1. The molecule has 1 unspecified atom stereocenters. The van der Waals surface area contributed by atoms with Crippen molar-refractivity contribution in [1.82, 2.24) is 9.80 Å². The molecule has 8 nitrogen and oxygen atoms in total. The van der Waals surface area contributed by atoms with Crippen molar-refractivity contribution < 1.29 is 24.2 Å². The summed E-state index contributed by atoms with van der Waals surface area (Å²) in [4.78, 5) is 27.8. The van der Waals surface area contributed by atoms with Crippen molar-refractivity contribution in [3.8, 4) is 11.5 Å². The van der Waals surface area contributed by atoms with Crippen LogP contribution in [-0.4, -0.2) is 79.3 Å². The number of hydrogen-bond donors (Lipinski definition) is 2. The van der Waals surface area contributed by atoms with Gasteiger partial charge >= 0.3 is 5.97 Å². The lowest BCUT2D eigenvalue weighted by atomic mass is 10.0. The molecule has 28 heavy (non-hydrogen) atoms. The number of carboxylic acids is 1. The van der Waals surface area contributed by atoms with Gasteiger partial charge in [0, 0.05) is 30.9 Å². The number of aliphatic carboxylic acids is 1. The number of piperidine rings is 1. The number of anilines is 1. The smallest absolute Gasteiger partial charge is 0.317 e. The Bertz CT molecular complexity index is 674. The minimum atomic E-state index is -0.799. The number of benzene rings is 1. The van der Waals surface area contributed by atoms with Crippen LogP contribution in [0.4, 0.5) is 5.69 Å². The molecule has 1 aromatic carbocycles. The van der Waals surface area contributed by atoms with E-state index in [1.165, 1.54) is 0 Å². The number of methoxy groups -OCH3 is 2. The van der Waals surface area contributed by atoms with Crippen LogP contribution in [0.15, 0.2) is 18.2 Å². The van der Waals surface area contributed by atoms with Gasteiger partial charge < -0.3 is 19.9 Å². The van der Waals surface area contributed by atoms with Crippen LogP contribution < -0.4 is 14.8 Å². The number of ether oxygens (including phenoxy) is 2. The molecule has 0 radical (unpaired) electrons. The SMILES string of the molecule is CCN(CC(=O)O)C1CCN(C(C)C(=O)Nc2ccc(OC)c(OC)c2)CC1. The van der Waals surface area contributed by atoms with Crippen molar-refractivity contribution in [3.05, 3.63) is 18.2 Å².